The first-order chi connectivity index (χ1) is 10.6. The largest absolute Gasteiger partial charge is 0.593 e. The van der Waals surface area contributed by atoms with Crippen molar-refractivity contribution in [1.82, 2.24) is 0 Å². The topological polar surface area (TPSA) is 134 Å². The van der Waals surface area contributed by atoms with Gasteiger partial charge in [-0.25, -0.2) is 0 Å². The predicted octanol–water partition coefficient (Wildman–Crippen LogP) is 1.09. The molecule has 0 aromatic heterocycles. The number of sulfonamides is 1. The van der Waals surface area contributed by atoms with Crippen LogP contribution in [0.2, 0.25) is 0 Å². The standard InChI is InChI=1S/C12H15N3O7S/c1-11(2)21-8-12(9-22-11,15(17)18)14(16)13-23(19,20)10-6-4-3-5-7-10/h3-7H,8-9H2,1-2H3. The Bertz CT molecular complexity index is 720. The van der Waals surface area contributed by atoms with E-state index in [9.17, 15) is 23.7 Å². The minimum atomic E-state index is -4.39. The average molecular weight is 345 g/mol. The molecule has 0 spiro atoms. The van der Waals surface area contributed by atoms with Gasteiger partial charge in [0.1, 0.15) is 9.44 Å². The van der Waals surface area contributed by atoms with Crippen molar-refractivity contribution in [2.75, 3.05) is 13.2 Å². The molecule has 0 unspecified atom stereocenters. The maximum atomic E-state index is 12.1. The van der Waals surface area contributed by atoms with Crippen LogP contribution in [0.4, 0.5) is 0 Å². The van der Waals surface area contributed by atoms with E-state index in [0.717, 1.165) is 0 Å². The Morgan fingerprint density at radius 2 is 1.65 bits per heavy atom. The number of hydroxylamine groups is 1. The Balaban J connectivity index is 2.39. The van der Waals surface area contributed by atoms with Crippen LogP contribution in [-0.2, 0) is 19.5 Å². The molecule has 0 amide bonds. The van der Waals surface area contributed by atoms with E-state index in [1.54, 1.807) is 6.07 Å². The first-order valence-corrected chi connectivity index (χ1v) is 7.96. The minimum absolute atomic E-state index is 0.252. The van der Waals surface area contributed by atoms with Gasteiger partial charge in [-0.3, -0.25) is 10.1 Å². The molecule has 1 aliphatic heterocycles. The second kappa shape index (κ2) is 5.83. The summed E-state index contributed by atoms with van der Waals surface area (Å²) in [6.07, 6.45) is 0. The first-order valence-electron chi connectivity index (χ1n) is 6.52. The van der Waals surface area contributed by atoms with E-state index in [0.29, 0.717) is 0 Å². The number of hydrogen-bond acceptors (Lipinski definition) is 7. The Kier molecular flexibility index (Phi) is 4.37. The SMILES string of the molecule is CC1(C)OCC([N+](=O)[O-])([N+]([O-])=NS(=O)(=O)c2ccccc2)CO1. The van der Waals surface area contributed by atoms with Crippen LogP contribution in [0.1, 0.15) is 13.8 Å². The first kappa shape index (κ1) is 17.2. The van der Waals surface area contributed by atoms with E-state index in [2.05, 4.69) is 4.52 Å². The lowest BCUT2D eigenvalue weighted by atomic mass is 10.2. The summed E-state index contributed by atoms with van der Waals surface area (Å²) in [7, 11) is -4.39. The van der Waals surface area contributed by atoms with Crippen LogP contribution in [-0.4, -0.2) is 42.9 Å². The van der Waals surface area contributed by atoms with Crippen LogP contribution in [0.3, 0.4) is 0 Å². The fourth-order valence-electron chi connectivity index (χ4n) is 1.76. The van der Waals surface area contributed by atoms with Crippen molar-refractivity contribution < 1.29 is 27.7 Å². The Morgan fingerprint density at radius 3 is 2.13 bits per heavy atom. The van der Waals surface area contributed by atoms with E-state index in [1.165, 1.54) is 38.1 Å². The molecule has 1 aromatic carbocycles. The highest BCUT2D eigenvalue weighted by atomic mass is 32.2. The van der Waals surface area contributed by atoms with Crippen LogP contribution >= 0.6 is 0 Å². The Labute approximate surface area is 132 Å². The van der Waals surface area contributed by atoms with Gasteiger partial charge >= 0.3 is 15.7 Å². The van der Waals surface area contributed by atoms with E-state index >= 15 is 0 Å². The maximum absolute atomic E-state index is 12.1. The van der Waals surface area contributed by atoms with Crippen molar-refractivity contribution in [2.24, 2.45) is 4.52 Å². The van der Waals surface area contributed by atoms with Gasteiger partial charge in [0, 0.05) is 4.86 Å². The van der Waals surface area contributed by atoms with E-state index in [4.69, 9.17) is 9.47 Å². The number of rotatable bonds is 4. The van der Waals surface area contributed by atoms with Crippen LogP contribution in [0.5, 0.6) is 0 Å². The molecule has 1 saturated heterocycles. The molecule has 126 valence electrons. The van der Waals surface area contributed by atoms with Gasteiger partial charge in [-0.15, -0.1) is 0 Å². The molecule has 1 aromatic rings. The third-order valence-corrected chi connectivity index (χ3v) is 4.45. The zero-order valence-electron chi connectivity index (χ0n) is 12.4. The van der Waals surface area contributed by atoms with Crippen LogP contribution < -0.4 is 0 Å². The van der Waals surface area contributed by atoms with Crippen LogP contribution in [0.25, 0.3) is 0 Å². The molecule has 1 fully saturated rings. The molecule has 1 aliphatic rings. The normalized spacial score (nSPS) is 20.9. The smallest absolute Gasteiger partial charge is 0.484 e. The molecule has 1 heterocycles. The second-order valence-corrected chi connectivity index (χ2v) is 6.94. The molecule has 0 N–H and O–H groups in total. The minimum Gasteiger partial charge on any atom is -0.593 e. The number of nitrogens with zero attached hydrogens (tertiary/aromatic N) is 3. The van der Waals surface area contributed by atoms with Gasteiger partial charge in [0.25, 0.3) is 0 Å². The fourth-order valence-corrected chi connectivity index (χ4v) is 2.70. The van der Waals surface area contributed by atoms with Crippen molar-refractivity contribution in [3.8, 4) is 0 Å². The van der Waals surface area contributed by atoms with Crippen molar-refractivity contribution >= 4 is 10.0 Å². The molecule has 23 heavy (non-hydrogen) atoms. The number of ether oxygens (including phenoxy) is 2. The van der Waals surface area contributed by atoms with Gasteiger partial charge in [-0.1, -0.05) is 18.2 Å². The molecular formula is C12H15N3O7S. The van der Waals surface area contributed by atoms with Crippen molar-refractivity contribution in [3.63, 3.8) is 0 Å². The maximum Gasteiger partial charge on any atom is 0.484 e. The Hall–Kier alpha value is -2.11. The summed E-state index contributed by atoms with van der Waals surface area (Å²) in [4.78, 5) is 9.62. The number of benzene rings is 1. The molecule has 0 radical (unpaired) electrons. The summed E-state index contributed by atoms with van der Waals surface area (Å²) in [6, 6.07) is 6.91. The highest BCUT2D eigenvalue weighted by Gasteiger charge is 2.60. The van der Waals surface area contributed by atoms with Gasteiger partial charge in [0.05, 0.1) is 4.90 Å². The van der Waals surface area contributed by atoms with Gasteiger partial charge in [-0.05, 0) is 26.0 Å². The molecule has 0 aliphatic carbocycles. The third-order valence-electron chi connectivity index (χ3n) is 3.22. The van der Waals surface area contributed by atoms with Gasteiger partial charge in [-0.2, -0.15) is 8.42 Å². The van der Waals surface area contributed by atoms with Crippen molar-refractivity contribution in [2.45, 2.75) is 30.2 Å². The molecular weight excluding hydrogens is 330 g/mol. The number of nitro groups is 1. The van der Waals surface area contributed by atoms with Crippen molar-refractivity contribution in [3.05, 3.63) is 45.7 Å². The summed E-state index contributed by atoms with van der Waals surface area (Å²) in [5.41, 5.74) is -2.46. The van der Waals surface area contributed by atoms with Crippen LogP contribution in [0.15, 0.2) is 39.7 Å². The highest BCUT2D eigenvalue weighted by Crippen LogP contribution is 2.27. The van der Waals surface area contributed by atoms with Crippen molar-refractivity contribution in [1.29, 1.82) is 0 Å². The zero-order valence-corrected chi connectivity index (χ0v) is 13.2. The monoisotopic (exact) mass is 345 g/mol. The predicted molar refractivity (Wildman–Crippen MR) is 75.4 cm³/mol. The number of hydrogen-bond donors (Lipinski definition) is 0. The molecule has 0 saturated carbocycles. The lowest BCUT2D eigenvalue weighted by Gasteiger charge is -2.34. The molecule has 0 atom stereocenters. The lowest BCUT2D eigenvalue weighted by molar-refractivity contribution is -0.824. The molecule has 11 heteroatoms. The lowest BCUT2D eigenvalue weighted by Crippen LogP contribution is -2.60. The molecule has 0 bridgehead atoms. The van der Waals surface area contributed by atoms with E-state index in [1.807, 2.05) is 0 Å². The summed E-state index contributed by atoms with van der Waals surface area (Å²) < 4.78 is 37.4. The second-order valence-electron chi connectivity index (χ2n) is 5.36. The summed E-state index contributed by atoms with van der Waals surface area (Å²) in [5, 5.41) is 23.4. The van der Waals surface area contributed by atoms with Crippen LogP contribution in [0, 0.1) is 15.3 Å². The van der Waals surface area contributed by atoms with Gasteiger partial charge in [0.2, 0.25) is 0 Å². The fraction of sp³-hybridized carbons (Fsp3) is 0.500. The third kappa shape index (κ3) is 3.46. The zero-order chi connectivity index (χ0) is 17.3. The summed E-state index contributed by atoms with van der Waals surface area (Å²) >= 11 is 0. The van der Waals surface area contributed by atoms with Gasteiger partial charge < -0.3 is 14.7 Å². The quantitative estimate of drug-likeness (QED) is 0.262. The Morgan fingerprint density at radius 1 is 1.13 bits per heavy atom. The molecule has 2 rings (SSSR count). The highest BCUT2D eigenvalue weighted by molar-refractivity contribution is 7.89. The van der Waals surface area contributed by atoms with E-state index < -0.39 is 44.5 Å². The summed E-state index contributed by atoms with van der Waals surface area (Å²) in [6.45, 7) is 1.71. The molecule has 10 nitrogen and oxygen atoms in total. The van der Waals surface area contributed by atoms with Gasteiger partial charge in [0.15, 0.2) is 19.0 Å². The van der Waals surface area contributed by atoms with E-state index in [-0.39, 0.29) is 4.90 Å². The summed E-state index contributed by atoms with van der Waals surface area (Å²) in [5.74, 6) is -1.11. The average Bonchev–Trinajstić information content (AvgIpc) is 2.47.